The maximum Gasteiger partial charge on any atom is 0.167 e. The number of hydrogen-bond acceptors (Lipinski definition) is 10. The number of nitrogens with one attached hydrogen (secondary N) is 1. The van der Waals surface area contributed by atoms with E-state index in [-0.39, 0.29) is 0 Å². The summed E-state index contributed by atoms with van der Waals surface area (Å²) in [7, 11) is 0. The first-order valence-corrected chi connectivity index (χ1v) is 12.6. The number of hydrogen-bond donors (Lipinski definition) is 1. The summed E-state index contributed by atoms with van der Waals surface area (Å²) in [6.45, 7) is 5.01. The van der Waals surface area contributed by atoms with Gasteiger partial charge in [0, 0.05) is 43.8 Å². The van der Waals surface area contributed by atoms with Crippen LogP contribution in [0.15, 0.2) is 61.2 Å². The third kappa shape index (κ3) is 6.55. The molecule has 39 heavy (non-hydrogen) atoms. The Hall–Kier alpha value is -4.39. The second-order valence-electron chi connectivity index (χ2n) is 8.49. The second-order valence-corrected chi connectivity index (χ2v) is 8.88. The number of carbonyl (C=O) groups excluding carboxylic acids is 2. The van der Waals surface area contributed by atoms with Crippen LogP contribution in [0.4, 0.5) is 11.5 Å². The number of aldehydes is 2. The van der Waals surface area contributed by atoms with Crippen LogP contribution < -0.4 is 10.1 Å². The fourth-order valence-corrected chi connectivity index (χ4v) is 4.05. The molecule has 12 nitrogen and oxygen atoms in total. The van der Waals surface area contributed by atoms with Crippen LogP contribution in [0, 0.1) is 0 Å². The summed E-state index contributed by atoms with van der Waals surface area (Å²) < 4.78 is 14.3. The number of benzene rings is 1. The van der Waals surface area contributed by atoms with Crippen LogP contribution in [0.2, 0.25) is 5.15 Å². The van der Waals surface area contributed by atoms with E-state index < -0.39 is 0 Å². The average molecular weight is 549 g/mol. The summed E-state index contributed by atoms with van der Waals surface area (Å²) in [5, 5.41) is 11.6. The number of aromatic nitrogens is 6. The first kappa shape index (κ1) is 26.2. The fraction of sp³-hybridized carbons (Fsp3) is 0.231. The van der Waals surface area contributed by atoms with Gasteiger partial charge in [-0.3, -0.25) is 14.5 Å². The van der Waals surface area contributed by atoms with Gasteiger partial charge in [0.25, 0.3) is 0 Å². The van der Waals surface area contributed by atoms with Crippen LogP contribution >= 0.6 is 11.6 Å². The molecule has 0 atom stereocenters. The van der Waals surface area contributed by atoms with Crippen molar-refractivity contribution in [3.63, 3.8) is 0 Å². The molecule has 200 valence electrons. The van der Waals surface area contributed by atoms with Gasteiger partial charge in [-0.1, -0.05) is 17.7 Å². The van der Waals surface area contributed by atoms with E-state index in [2.05, 4.69) is 30.4 Å². The van der Waals surface area contributed by atoms with Crippen LogP contribution in [-0.2, 0) is 4.74 Å². The molecule has 1 N–H and O–H groups in total. The zero-order valence-corrected chi connectivity index (χ0v) is 21.6. The largest absolute Gasteiger partial charge is 0.492 e. The summed E-state index contributed by atoms with van der Waals surface area (Å²) in [4.78, 5) is 32.3. The Balaban J connectivity index is 0.000000214. The van der Waals surface area contributed by atoms with Crippen molar-refractivity contribution in [2.75, 3.05) is 44.8 Å². The van der Waals surface area contributed by atoms with Gasteiger partial charge in [-0.15, -0.1) is 0 Å². The van der Waals surface area contributed by atoms with Crippen LogP contribution in [-0.4, -0.2) is 86.1 Å². The van der Waals surface area contributed by atoms with Crippen LogP contribution in [0.25, 0.3) is 11.3 Å². The predicted octanol–water partition coefficient (Wildman–Crippen LogP) is 3.19. The van der Waals surface area contributed by atoms with E-state index in [0.29, 0.717) is 46.3 Å². The topological polar surface area (TPSA) is 128 Å². The molecule has 0 bridgehead atoms. The molecule has 1 aliphatic rings. The van der Waals surface area contributed by atoms with Gasteiger partial charge in [-0.2, -0.15) is 10.2 Å². The third-order valence-corrected chi connectivity index (χ3v) is 6.11. The standard InChI is InChI=1S/C19H21N5O3.C7H4ClN3O/c25-14-15-13-20-24-5-4-18(22-19(15)24)21-16-2-1-3-17(12-16)27-11-8-23-6-9-26-10-7-23;8-6-1-2-11-7(10-6)5(4-12)3-9-11/h1-5,12-14H,6-11H2,(H,21,22);1-4H. The van der Waals surface area contributed by atoms with E-state index in [1.807, 2.05) is 24.3 Å². The Bertz CT molecular complexity index is 1580. The lowest BCUT2D eigenvalue weighted by atomic mass is 10.3. The minimum atomic E-state index is 0.353. The molecule has 0 unspecified atom stereocenters. The summed E-state index contributed by atoms with van der Waals surface area (Å²) in [5.41, 5.74) is 2.77. The molecule has 1 aromatic carbocycles. The molecule has 13 heteroatoms. The Morgan fingerprint density at radius 2 is 1.64 bits per heavy atom. The van der Waals surface area contributed by atoms with Gasteiger partial charge in [-0.05, 0) is 24.3 Å². The SMILES string of the molecule is O=Cc1cnn2ccc(Cl)nc12.O=Cc1cnn2ccc(Nc3cccc(OCCN4CCOCC4)c3)nc12. The van der Waals surface area contributed by atoms with Crippen LogP contribution in [0.5, 0.6) is 5.75 Å². The average Bonchev–Trinajstić information content (AvgIpc) is 3.57. The van der Waals surface area contributed by atoms with E-state index in [9.17, 15) is 9.59 Å². The monoisotopic (exact) mass is 548 g/mol. The van der Waals surface area contributed by atoms with Crippen molar-refractivity contribution in [1.82, 2.24) is 34.1 Å². The van der Waals surface area contributed by atoms with Crippen molar-refractivity contribution in [2.45, 2.75) is 0 Å². The van der Waals surface area contributed by atoms with Gasteiger partial charge in [0.2, 0.25) is 0 Å². The highest BCUT2D eigenvalue weighted by Gasteiger charge is 2.10. The van der Waals surface area contributed by atoms with Gasteiger partial charge in [0.1, 0.15) is 23.3 Å². The number of carbonyl (C=O) groups is 2. The zero-order chi connectivity index (χ0) is 27.0. The van der Waals surface area contributed by atoms with E-state index >= 15 is 0 Å². The molecular weight excluding hydrogens is 524 g/mol. The van der Waals surface area contributed by atoms with Crippen molar-refractivity contribution in [3.05, 3.63) is 77.5 Å². The van der Waals surface area contributed by atoms with Crippen LogP contribution in [0.1, 0.15) is 20.7 Å². The lowest BCUT2D eigenvalue weighted by Gasteiger charge is -2.26. The highest BCUT2D eigenvalue weighted by Crippen LogP contribution is 2.21. The van der Waals surface area contributed by atoms with Crippen molar-refractivity contribution >= 4 is 47.0 Å². The van der Waals surface area contributed by atoms with Crippen molar-refractivity contribution in [2.24, 2.45) is 0 Å². The summed E-state index contributed by atoms with van der Waals surface area (Å²) in [6.07, 6.45) is 7.82. The van der Waals surface area contributed by atoms with E-state index in [4.69, 9.17) is 21.1 Å². The minimum absolute atomic E-state index is 0.353. The number of morpholine rings is 1. The molecule has 0 aliphatic carbocycles. The number of halogens is 1. The van der Waals surface area contributed by atoms with E-state index in [1.54, 1.807) is 29.0 Å². The summed E-state index contributed by atoms with van der Waals surface area (Å²) in [5.74, 6) is 1.43. The molecule has 0 amide bonds. The zero-order valence-electron chi connectivity index (χ0n) is 20.8. The number of fused-ring (bicyclic) bond motifs is 2. The normalized spacial score (nSPS) is 13.6. The quantitative estimate of drug-likeness (QED) is 0.228. The Labute approximate surface area is 228 Å². The highest BCUT2D eigenvalue weighted by molar-refractivity contribution is 6.29. The first-order valence-electron chi connectivity index (χ1n) is 12.2. The Morgan fingerprint density at radius 3 is 2.36 bits per heavy atom. The molecule has 4 aromatic heterocycles. The van der Waals surface area contributed by atoms with Crippen molar-refractivity contribution in [3.8, 4) is 5.75 Å². The van der Waals surface area contributed by atoms with Gasteiger partial charge in [0.05, 0.1) is 36.7 Å². The predicted molar refractivity (Wildman–Crippen MR) is 144 cm³/mol. The number of anilines is 2. The van der Waals surface area contributed by atoms with Gasteiger partial charge < -0.3 is 14.8 Å². The minimum Gasteiger partial charge on any atom is -0.492 e. The number of rotatable bonds is 8. The molecule has 0 spiro atoms. The fourth-order valence-electron chi connectivity index (χ4n) is 3.92. The molecule has 0 saturated carbocycles. The summed E-state index contributed by atoms with van der Waals surface area (Å²) >= 11 is 5.64. The molecule has 0 radical (unpaired) electrons. The van der Waals surface area contributed by atoms with Crippen molar-refractivity contribution < 1.29 is 19.1 Å². The third-order valence-electron chi connectivity index (χ3n) is 5.90. The Kier molecular flexibility index (Phi) is 8.36. The van der Waals surface area contributed by atoms with Crippen LogP contribution in [0.3, 0.4) is 0 Å². The molecule has 1 aliphatic heterocycles. The Morgan fingerprint density at radius 1 is 0.949 bits per heavy atom. The molecular formula is C26H25ClN8O4. The van der Waals surface area contributed by atoms with Gasteiger partial charge >= 0.3 is 0 Å². The molecule has 1 fully saturated rings. The molecule has 5 heterocycles. The first-order chi connectivity index (χ1) is 19.1. The second kappa shape index (κ2) is 12.4. The van der Waals surface area contributed by atoms with E-state index in [0.717, 1.165) is 50.6 Å². The lowest BCUT2D eigenvalue weighted by Crippen LogP contribution is -2.38. The highest BCUT2D eigenvalue weighted by atomic mass is 35.5. The smallest absolute Gasteiger partial charge is 0.167 e. The lowest BCUT2D eigenvalue weighted by molar-refractivity contribution is 0.0322. The van der Waals surface area contributed by atoms with Crippen molar-refractivity contribution in [1.29, 1.82) is 0 Å². The molecule has 6 rings (SSSR count). The van der Waals surface area contributed by atoms with E-state index in [1.165, 1.54) is 16.9 Å². The molecule has 1 saturated heterocycles. The van der Waals surface area contributed by atoms with Gasteiger partial charge in [-0.25, -0.2) is 19.0 Å². The summed E-state index contributed by atoms with van der Waals surface area (Å²) in [6, 6.07) is 11.2. The number of ether oxygens (including phenoxy) is 2. The van der Waals surface area contributed by atoms with Gasteiger partial charge in [0.15, 0.2) is 23.9 Å². The number of nitrogens with zero attached hydrogens (tertiary/aromatic N) is 7. The molecule has 5 aromatic rings. The maximum atomic E-state index is 11.1. The maximum absolute atomic E-state index is 11.1.